The Morgan fingerprint density at radius 3 is 2.31 bits per heavy atom. The van der Waals surface area contributed by atoms with E-state index in [2.05, 4.69) is 44.7 Å². The van der Waals surface area contributed by atoms with Gasteiger partial charge in [0.1, 0.15) is 5.75 Å². The van der Waals surface area contributed by atoms with Gasteiger partial charge in [0.15, 0.2) is 0 Å². The number of ether oxygens (including phenoxy) is 1. The van der Waals surface area contributed by atoms with Crippen LogP contribution < -0.4 is 9.64 Å². The van der Waals surface area contributed by atoms with Crippen molar-refractivity contribution >= 4 is 17.5 Å². The van der Waals surface area contributed by atoms with Gasteiger partial charge in [-0.05, 0) is 43.7 Å². The summed E-state index contributed by atoms with van der Waals surface area (Å²) >= 11 is 0. The fourth-order valence-corrected chi connectivity index (χ4v) is 3.88. The molecule has 2 heterocycles. The Morgan fingerprint density at radius 2 is 1.72 bits per heavy atom. The Kier molecular flexibility index (Phi) is 6.73. The Morgan fingerprint density at radius 1 is 1.10 bits per heavy atom. The van der Waals surface area contributed by atoms with Crippen LogP contribution in [-0.4, -0.2) is 17.7 Å². The van der Waals surface area contributed by atoms with Crippen molar-refractivity contribution in [3.63, 3.8) is 0 Å². The van der Waals surface area contributed by atoms with Gasteiger partial charge in [-0.2, -0.15) is 0 Å². The van der Waals surface area contributed by atoms with Crippen molar-refractivity contribution in [3.8, 4) is 5.75 Å². The number of likely N-dealkylation sites (N-methyl/N-ethyl adjacent to an activating group) is 1. The van der Waals surface area contributed by atoms with Gasteiger partial charge in [0.25, 0.3) is 5.69 Å². The lowest BCUT2D eigenvalue weighted by Crippen LogP contribution is -2.58. The normalized spacial score (nSPS) is 19.8. The monoisotopic (exact) mass is 396 g/mol. The van der Waals surface area contributed by atoms with E-state index < -0.39 is 5.72 Å². The summed E-state index contributed by atoms with van der Waals surface area (Å²) in [5.74, 6) is 0.663. The molecule has 5 heteroatoms. The van der Waals surface area contributed by atoms with E-state index in [1.165, 1.54) is 18.1 Å². The van der Waals surface area contributed by atoms with Gasteiger partial charge in [0, 0.05) is 30.4 Å². The third-order valence-corrected chi connectivity index (χ3v) is 5.29. The first kappa shape index (κ1) is 22.5. The average molecular weight is 397 g/mol. The lowest BCUT2D eigenvalue weighted by atomic mass is 9.76. The number of nitro benzene ring substituents is 1. The van der Waals surface area contributed by atoms with E-state index in [1.54, 1.807) is 12.1 Å². The molecule has 0 amide bonds. The summed E-state index contributed by atoms with van der Waals surface area (Å²) in [4.78, 5) is 12.7. The van der Waals surface area contributed by atoms with E-state index in [4.69, 9.17) is 4.74 Å². The molecule has 2 aromatic carbocycles. The first-order chi connectivity index (χ1) is 13.8. The molecule has 0 bridgehead atoms. The number of fused-ring (bicyclic) bond motifs is 2. The highest BCUT2D eigenvalue weighted by molar-refractivity contribution is 5.72. The molecule has 0 radical (unpaired) electrons. The van der Waals surface area contributed by atoms with Crippen LogP contribution in [-0.2, 0) is 5.41 Å². The molecule has 0 N–H and O–H groups in total. The smallest absolute Gasteiger partial charge is 0.270 e. The molecule has 29 heavy (non-hydrogen) atoms. The molecular formula is C24H32N2O3. The zero-order valence-corrected chi connectivity index (χ0v) is 18.5. The predicted octanol–water partition coefficient (Wildman–Crippen LogP) is 6.57. The first-order valence-electron chi connectivity index (χ1n) is 10.3. The van der Waals surface area contributed by atoms with Crippen LogP contribution in [0.25, 0.3) is 6.08 Å². The highest BCUT2D eigenvalue weighted by Crippen LogP contribution is 2.54. The number of nitrogens with zero attached hydrogens (tertiary/aromatic N) is 2. The van der Waals surface area contributed by atoms with Crippen LogP contribution in [0.1, 0.15) is 59.1 Å². The van der Waals surface area contributed by atoms with E-state index in [9.17, 15) is 10.1 Å². The summed E-state index contributed by atoms with van der Waals surface area (Å²) in [5, 5.41) is 11.0. The second-order valence-electron chi connectivity index (χ2n) is 7.52. The fraction of sp³-hybridized carbons (Fsp3) is 0.417. The number of nitro groups is 1. The van der Waals surface area contributed by atoms with Crippen LogP contribution in [0.5, 0.6) is 5.75 Å². The molecule has 5 nitrogen and oxygen atoms in total. The maximum atomic E-state index is 11.0. The fourth-order valence-electron chi connectivity index (χ4n) is 3.88. The van der Waals surface area contributed by atoms with E-state index in [1.807, 2.05) is 45.2 Å². The molecule has 0 fully saturated rings. The standard InChI is InChI=1S/C19H18N2O3.C3H8.C2H6/c1-18(2)15-6-4-5-7-16(15)20(3)19(18)11-10-13-12-14(21(22)23)8-9-17(13)24-19;1-3-2;1-2/h4-12H,1-3H3;3H2,1-2H3;1-2H3. The summed E-state index contributed by atoms with van der Waals surface area (Å²) in [7, 11) is 2.02. The second-order valence-corrected chi connectivity index (χ2v) is 7.52. The van der Waals surface area contributed by atoms with Gasteiger partial charge < -0.3 is 9.64 Å². The van der Waals surface area contributed by atoms with Crippen LogP contribution in [0.4, 0.5) is 11.4 Å². The topological polar surface area (TPSA) is 55.6 Å². The van der Waals surface area contributed by atoms with E-state index in [0.717, 1.165) is 11.3 Å². The van der Waals surface area contributed by atoms with Gasteiger partial charge in [-0.25, -0.2) is 0 Å². The summed E-state index contributed by atoms with van der Waals surface area (Å²) < 4.78 is 6.44. The Hall–Kier alpha value is -2.82. The molecule has 2 aromatic rings. The molecule has 156 valence electrons. The second kappa shape index (κ2) is 8.68. The van der Waals surface area contributed by atoms with Gasteiger partial charge in [-0.1, -0.05) is 52.3 Å². The first-order valence-corrected chi connectivity index (χ1v) is 10.3. The molecule has 1 unspecified atom stereocenters. The minimum absolute atomic E-state index is 0.0697. The molecule has 2 aliphatic rings. The highest BCUT2D eigenvalue weighted by atomic mass is 16.6. The maximum absolute atomic E-state index is 11.0. The van der Waals surface area contributed by atoms with E-state index in [0.29, 0.717) is 5.75 Å². The zero-order valence-electron chi connectivity index (χ0n) is 18.5. The van der Waals surface area contributed by atoms with Crippen molar-refractivity contribution in [2.24, 2.45) is 0 Å². The lowest BCUT2D eigenvalue weighted by Gasteiger charge is -2.45. The number of para-hydroxylation sites is 1. The number of anilines is 1. The minimum Gasteiger partial charge on any atom is -0.463 e. The van der Waals surface area contributed by atoms with Crippen LogP contribution in [0, 0.1) is 10.1 Å². The van der Waals surface area contributed by atoms with Crippen LogP contribution >= 0.6 is 0 Å². The summed E-state index contributed by atoms with van der Waals surface area (Å²) in [6.07, 6.45) is 5.19. The zero-order chi connectivity index (χ0) is 21.8. The molecule has 0 saturated heterocycles. The highest BCUT2D eigenvalue weighted by Gasteiger charge is 2.57. The lowest BCUT2D eigenvalue weighted by molar-refractivity contribution is -0.384. The predicted molar refractivity (Wildman–Crippen MR) is 121 cm³/mol. The van der Waals surface area contributed by atoms with Crippen molar-refractivity contribution < 1.29 is 9.66 Å². The van der Waals surface area contributed by atoms with Gasteiger partial charge >= 0.3 is 0 Å². The van der Waals surface area contributed by atoms with Crippen LogP contribution in [0.3, 0.4) is 0 Å². The summed E-state index contributed by atoms with van der Waals surface area (Å²) in [6.45, 7) is 12.6. The number of hydrogen-bond donors (Lipinski definition) is 0. The van der Waals surface area contributed by atoms with Crippen molar-refractivity contribution in [2.75, 3.05) is 11.9 Å². The molecule has 4 rings (SSSR count). The maximum Gasteiger partial charge on any atom is 0.270 e. The number of hydrogen-bond acceptors (Lipinski definition) is 4. The largest absolute Gasteiger partial charge is 0.463 e. The van der Waals surface area contributed by atoms with Gasteiger partial charge in [0.05, 0.1) is 10.3 Å². The van der Waals surface area contributed by atoms with Crippen molar-refractivity contribution in [1.82, 2.24) is 0 Å². The number of rotatable bonds is 1. The van der Waals surface area contributed by atoms with Crippen LogP contribution in [0.2, 0.25) is 0 Å². The van der Waals surface area contributed by atoms with Crippen molar-refractivity contribution in [2.45, 2.75) is 59.1 Å². The summed E-state index contributed by atoms with van der Waals surface area (Å²) in [5.41, 5.74) is 2.24. The van der Waals surface area contributed by atoms with Gasteiger partial charge in [0.2, 0.25) is 5.72 Å². The van der Waals surface area contributed by atoms with Gasteiger partial charge in [-0.15, -0.1) is 0 Å². The molecular weight excluding hydrogens is 364 g/mol. The number of benzene rings is 2. The van der Waals surface area contributed by atoms with Crippen LogP contribution in [0.15, 0.2) is 48.5 Å². The van der Waals surface area contributed by atoms with Gasteiger partial charge in [-0.3, -0.25) is 10.1 Å². The third-order valence-electron chi connectivity index (χ3n) is 5.29. The minimum atomic E-state index is -0.653. The Balaban J connectivity index is 0.000000551. The molecule has 0 saturated carbocycles. The van der Waals surface area contributed by atoms with E-state index >= 15 is 0 Å². The Labute approximate surface area is 174 Å². The third kappa shape index (κ3) is 3.61. The molecule has 1 atom stereocenters. The van der Waals surface area contributed by atoms with Crippen molar-refractivity contribution in [1.29, 1.82) is 0 Å². The summed E-state index contributed by atoms with van der Waals surface area (Å²) in [6, 6.07) is 13.0. The molecule has 1 spiro atoms. The Bertz CT molecular complexity index is 905. The van der Waals surface area contributed by atoms with E-state index in [-0.39, 0.29) is 16.0 Å². The molecule has 2 aliphatic heterocycles. The average Bonchev–Trinajstić information content (AvgIpc) is 2.88. The number of non-ortho nitro benzene ring substituents is 1. The van der Waals surface area contributed by atoms with Crippen molar-refractivity contribution in [3.05, 3.63) is 69.8 Å². The molecule has 0 aliphatic carbocycles. The SMILES string of the molecule is CC.CCC.CN1c2ccccc2C(C)(C)C12C=Cc1cc([N+](=O)[O-])ccc1O2. The molecule has 0 aromatic heterocycles. The quantitative estimate of drug-likeness (QED) is 0.404.